The fraction of sp³-hybridized carbons (Fsp3) is 0.105. The number of rotatable bonds is 5. The van der Waals surface area contributed by atoms with Gasteiger partial charge in [-0.15, -0.1) is 0 Å². The molecule has 1 amide bonds. The van der Waals surface area contributed by atoms with Crippen LogP contribution in [0, 0.1) is 0 Å². The smallest absolute Gasteiger partial charge is 0.340 e. The Bertz CT molecular complexity index is 1130. The van der Waals surface area contributed by atoms with Crippen molar-refractivity contribution in [3.63, 3.8) is 0 Å². The molecule has 9 heteroatoms. The molecule has 0 fully saturated rings. The lowest BCUT2D eigenvalue weighted by Crippen LogP contribution is -2.18. The van der Waals surface area contributed by atoms with Gasteiger partial charge in [-0.05, 0) is 18.2 Å². The number of esters is 1. The monoisotopic (exact) mass is 376 g/mol. The van der Waals surface area contributed by atoms with E-state index in [1.807, 2.05) is 24.3 Å². The molecule has 3 aromatic heterocycles. The van der Waals surface area contributed by atoms with Gasteiger partial charge in [0.1, 0.15) is 19.2 Å². The van der Waals surface area contributed by atoms with Gasteiger partial charge in [0.2, 0.25) is 5.91 Å². The van der Waals surface area contributed by atoms with Gasteiger partial charge >= 0.3 is 5.97 Å². The molecule has 0 bridgehead atoms. The molecule has 0 saturated carbocycles. The van der Waals surface area contributed by atoms with Crippen molar-refractivity contribution in [2.24, 2.45) is 0 Å². The van der Waals surface area contributed by atoms with Crippen LogP contribution in [0.3, 0.4) is 0 Å². The molecule has 0 atom stereocenters. The summed E-state index contributed by atoms with van der Waals surface area (Å²) in [6.07, 6.45) is 6.13. The van der Waals surface area contributed by atoms with Crippen LogP contribution in [-0.4, -0.2) is 43.3 Å². The average molecular weight is 376 g/mol. The highest BCUT2D eigenvalue weighted by molar-refractivity contribution is 6.04. The van der Waals surface area contributed by atoms with Crippen LogP contribution >= 0.6 is 0 Å². The molecule has 4 rings (SSSR count). The van der Waals surface area contributed by atoms with Crippen molar-refractivity contribution in [2.45, 2.75) is 6.54 Å². The first-order valence-electron chi connectivity index (χ1n) is 8.43. The van der Waals surface area contributed by atoms with Gasteiger partial charge in [-0.25, -0.2) is 19.4 Å². The lowest BCUT2D eigenvalue weighted by atomic mass is 10.2. The molecular formula is C19H16N6O3. The van der Waals surface area contributed by atoms with E-state index < -0.39 is 5.97 Å². The number of ether oxygens (including phenoxy) is 1. The molecule has 1 N–H and O–H groups in total. The second kappa shape index (κ2) is 7.31. The summed E-state index contributed by atoms with van der Waals surface area (Å²) in [7, 11) is 1.33. The predicted molar refractivity (Wildman–Crippen MR) is 101 cm³/mol. The predicted octanol–water partition coefficient (Wildman–Crippen LogP) is 2.04. The number of carbonyl (C=O) groups is 2. The summed E-state index contributed by atoms with van der Waals surface area (Å²) >= 11 is 0. The number of fused-ring (bicyclic) bond motifs is 1. The molecule has 140 valence electrons. The molecule has 0 spiro atoms. The Labute approximate surface area is 159 Å². The summed E-state index contributed by atoms with van der Waals surface area (Å²) < 4.78 is 8.06. The highest BCUT2D eigenvalue weighted by atomic mass is 16.5. The number of hydrogen-bond acceptors (Lipinski definition) is 6. The fourth-order valence-electron chi connectivity index (χ4n) is 2.93. The van der Waals surface area contributed by atoms with Crippen molar-refractivity contribution in [1.82, 2.24) is 24.3 Å². The van der Waals surface area contributed by atoms with Crippen molar-refractivity contribution in [2.75, 3.05) is 12.4 Å². The number of benzene rings is 1. The molecule has 0 aliphatic rings. The lowest BCUT2D eigenvalue weighted by Gasteiger charge is -2.08. The second-order valence-corrected chi connectivity index (χ2v) is 5.97. The molecule has 9 nitrogen and oxygen atoms in total. The minimum absolute atomic E-state index is 0.0440. The SMILES string of the molecule is COC(=O)c1cn(CC(=O)Nc2ccc(-n3cncn3)nc2)c2ccccc12. The third-order valence-electron chi connectivity index (χ3n) is 4.19. The lowest BCUT2D eigenvalue weighted by molar-refractivity contribution is -0.116. The zero-order chi connectivity index (χ0) is 19.5. The summed E-state index contributed by atoms with van der Waals surface area (Å²) in [5.41, 5.74) is 1.75. The van der Waals surface area contributed by atoms with Gasteiger partial charge < -0.3 is 14.6 Å². The number of hydrogen-bond donors (Lipinski definition) is 1. The Morgan fingerprint density at radius 3 is 2.75 bits per heavy atom. The fourth-order valence-corrected chi connectivity index (χ4v) is 2.93. The maximum absolute atomic E-state index is 12.5. The van der Waals surface area contributed by atoms with Gasteiger partial charge in [0, 0.05) is 17.1 Å². The van der Waals surface area contributed by atoms with Crippen LogP contribution in [-0.2, 0) is 16.1 Å². The summed E-state index contributed by atoms with van der Waals surface area (Å²) in [5.74, 6) is -0.0923. The summed E-state index contributed by atoms with van der Waals surface area (Å²) in [4.78, 5) is 32.6. The first-order chi connectivity index (χ1) is 13.7. The highest BCUT2D eigenvalue weighted by Crippen LogP contribution is 2.22. The maximum atomic E-state index is 12.5. The van der Waals surface area contributed by atoms with Gasteiger partial charge in [-0.2, -0.15) is 5.10 Å². The zero-order valence-electron chi connectivity index (χ0n) is 14.9. The van der Waals surface area contributed by atoms with Gasteiger partial charge in [0.05, 0.1) is 24.6 Å². The van der Waals surface area contributed by atoms with Gasteiger partial charge in [0.15, 0.2) is 5.82 Å². The Kier molecular flexibility index (Phi) is 4.55. The molecule has 0 saturated heterocycles. The molecule has 4 aromatic rings. The first-order valence-corrected chi connectivity index (χ1v) is 8.43. The van der Waals surface area contributed by atoms with E-state index in [0.717, 1.165) is 10.9 Å². The standard InChI is InChI=1S/C19H16N6O3/c1-28-19(27)15-9-24(16-5-3-2-4-14(15)16)10-18(26)23-13-6-7-17(21-8-13)25-12-20-11-22-25/h2-9,11-12H,10H2,1H3,(H,23,26). The molecule has 0 unspecified atom stereocenters. The van der Waals surface area contributed by atoms with E-state index in [9.17, 15) is 9.59 Å². The number of amides is 1. The summed E-state index contributed by atoms with van der Waals surface area (Å²) in [5, 5.41) is 7.53. The van der Waals surface area contributed by atoms with Crippen molar-refractivity contribution >= 4 is 28.5 Å². The van der Waals surface area contributed by atoms with Crippen LogP contribution in [0.5, 0.6) is 0 Å². The van der Waals surface area contributed by atoms with Gasteiger partial charge in [-0.3, -0.25) is 4.79 Å². The topological polar surface area (TPSA) is 104 Å². The van der Waals surface area contributed by atoms with Crippen LogP contribution < -0.4 is 5.32 Å². The number of methoxy groups -OCH3 is 1. The van der Waals surface area contributed by atoms with Crippen LogP contribution in [0.2, 0.25) is 0 Å². The maximum Gasteiger partial charge on any atom is 0.340 e. The molecule has 1 aromatic carbocycles. The number of aromatic nitrogens is 5. The number of anilines is 1. The van der Waals surface area contributed by atoms with E-state index >= 15 is 0 Å². The van der Waals surface area contributed by atoms with E-state index in [1.165, 1.54) is 24.4 Å². The van der Waals surface area contributed by atoms with E-state index in [2.05, 4.69) is 20.4 Å². The Morgan fingerprint density at radius 2 is 2.04 bits per heavy atom. The summed E-state index contributed by atoms with van der Waals surface area (Å²) in [6.45, 7) is 0.0440. The van der Waals surface area contributed by atoms with E-state index in [1.54, 1.807) is 29.1 Å². The van der Waals surface area contributed by atoms with Crippen LogP contribution in [0.15, 0.2) is 61.4 Å². The normalized spacial score (nSPS) is 10.8. The minimum atomic E-state index is -0.441. The number of pyridine rings is 1. The van der Waals surface area contributed by atoms with Gasteiger partial charge in [0.25, 0.3) is 0 Å². The molecule has 0 aliphatic carbocycles. The van der Waals surface area contributed by atoms with Crippen molar-refractivity contribution in [1.29, 1.82) is 0 Å². The number of carbonyl (C=O) groups excluding carboxylic acids is 2. The van der Waals surface area contributed by atoms with E-state index in [-0.39, 0.29) is 12.5 Å². The minimum Gasteiger partial charge on any atom is -0.465 e. The van der Waals surface area contributed by atoms with Crippen LogP contribution in [0.25, 0.3) is 16.7 Å². The van der Waals surface area contributed by atoms with Gasteiger partial charge in [-0.1, -0.05) is 18.2 Å². The summed E-state index contributed by atoms with van der Waals surface area (Å²) in [6, 6.07) is 10.8. The molecule has 28 heavy (non-hydrogen) atoms. The third-order valence-corrected chi connectivity index (χ3v) is 4.19. The van der Waals surface area contributed by atoms with Crippen molar-refractivity contribution < 1.29 is 14.3 Å². The van der Waals surface area contributed by atoms with Crippen molar-refractivity contribution in [3.05, 3.63) is 67.0 Å². The molecule has 0 radical (unpaired) electrons. The average Bonchev–Trinajstić information content (AvgIpc) is 3.37. The third kappa shape index (κ3) is 3.32. The molecule has 3 heterocycles. The first kappa shape index (κ1) is 17.4. The Morgan fingerprint density at radius 1 is 1.18 bits per heavy atom. The largest absolute Gasteiger partial charge is 0.465 e. The molecule has 0 aliphatic heterocycles. The Balaban J connectivity index is 1.52. The number of nitrogens with one attached hydrogen (secondary N) is 1. The quantitative estimate of drug-likeness (QED) is 0.535. The second-order valence-electron chi connectivity index (χ2n) is 5.97. The molecular weight excluding hydrogens is 360 g/mol. The van der Waals surface area contributed by atoms with Crippen LogP contribution in [0.4, 0.5) is 5.69 Å². The van der Waals surface area contributed by atoms with Crippen LogP contribution in [0.1, 0.15) is 10.4 Å². The number of nitrogens with zero attached hydrogens (tertiary/aromatic N) is 5. The van der Waals surface area contributed by atoms with E-state index in [0.29, 0.717) is 17.1 Å². The Hall–Kier alpha value is -4.01. The zero-order valence-corrected chi connectivity index (χ0v) is 14.9. The van der Waals surface area contributed by atoms with E-state index in [4.69, 9.17) is 4.74 Å². The number of para-hydroxylation sites is 1. The van der Waals surface area contributed by atoms with Crippen molar-refractivity contribution in [3.8, 4) is 5.82 Å². The highest BCUT2D eigenvalue weighted by Gasteiger charge is 2.16.